The van der Waals surface area contributed by atoms with E-state index >= 15 is 0 Å². The largest absolute Gasteiger partial charge is 0.356 e. The van der Waals surface area contributed by atoms with Gasteiger partial charge in [0.2, 0.25) is 11.8 Å². The number of amides is 2. The molecular weight excluding hydrogens is 376 g/mol. The van der Waals surface area contributed by atoms with Crippen LogP contribution >= 0.6 is 0 Å². The molecule has 0 aliphatic carbocycles. The summed E-state index contributed by atoms with van der Waals surface area (Å²) in [5.74, 6) is -1.41. The van der Waals surface area contributed by atoms with Gasteiger partial charge in [0.05, 0.1) is 12.5 Å². The molecule has 2 N–H and O–H groups in total. The minimum atomic E-state index is -0.598. The topological polar surface area (TPSA) is 61.4 Å². The van der Waals surface area contributed by atoms with E-state index in [2.05, 4.69) is 17.6 Å². The average Bonchev–Trinajstić information content (AvgIpc) is 2.70. The fourth-order valence-corrected chi connectivity index (χ4v) is 3.68. The lowest BCUT2D eigenvalue weighted by atomic mass is 9.97. The standard InChI is InChI=1S/C22H33F2N3O2/c1-2-3-4-5-12-26-22(29)17-8-7-14-27(15-17)16-21(28)25-13-11-18-19(23)9-6-10-20(18)24/h6,9-10,17H,2-5,7-8,11-16H2,1H3,(H,25,28)(H,26,29). The number of rotatable bonds is 11. The Kier molecular flexibility index (Phi) is 10.0. The molecule has 1 unspecified atom stereocenters. The first kappa shape index (κ1) is 23.3. The number of likely N-dealkylation sites (tertiary alicyclic amines) is 1. The van der Waals surface area contributed by atoms with E-state index in [1.807, 2.05) is 4.90 Å². The van der Waals surface area contributed by atoms with Crippen molar-refractivity contribution in [3.8, 4) is 0 Å². The predicted octanol–water partition coefficient (Wildman–Crippen LogP) is 3.03. The van der Waals surface area contributed by atoms with Crippen molar-refractivity contribution in [3.05, 3.63) is 35.4 Å². The van der Waals surface area contributed by atoms with Gasteiger partial charge in [-0.3, -0.25) is 14.5 Å². The Morgan fingerprint density at radius 3 is 2.59 bits per heavy atom. The summed E-state index contributed by atoms with van der Waals surface area (Å²) in [4.78, 5) is 26.5. The van der Waals surface area contributed by atoms with Gasteiger partial charge < -0.3 is 10.6 Å². The number of nitrogens with one attached hydrogen (secondary N) is 2. The Morgan fingerprint density at radius 1 is 1.10 bits per heavy atom. The minimum Gasteiger partial charge on any atom is -0.356 e. The Hall–Kier alpha value is -2.02. The van der Waals surface area contributed by atoms with E-state index in [0.29, 0.717) is 13.1 Å². The lowest BCUT2D eigenvalue weighted by Crippen LogP contribution is -2.46. The molecular formula is C22H33F2N3O2. The second kappa shape index (κ2) is 12.5. The number of benzene rings is 1. The van der Waals surface area contributed by atoms with Crippen molar-refractivity contribution in [3.63, 3.8) is 0 Å². The first-order valence-corrected chi connectivity index (χ1v) is 10.7. The molecule has 1 fully saturated rings. The van der Waals surface area contributed by atoms with E-state index in [1.54, 1.807) is 0 Å². The zero-order valence-corrected chi connectivity index (χ0v) is 17.3. The van der Waals surface area contributed by atoms with Crippen molar-refractivity contribution in [2.24, 2.45) is 5.92 Å². The molecule has 29 heavy (non-hydrogen) atoms. The highest BCUT2D eigenvalue weighted by Gasteiger charge is 2.26. The number of unbranched alkanes of at least 4 members (excludes halogenated alkanes) is 3. The predicted molar refractivity (Wildman–Crippen MR) is 109 cm³/mol. The summed E-state index contributed by atoms with van der Waals surface area (Å²) in [6.45, 7) is 4.57. The third kappa shape index (κ3) is 8.09. The third-order valence-corrected chi connectivity index (χ3v) is 5.33. The second-order valence-corrected chi connectivity index (χ2v) is 7.73. The number of nitrogens with zero attached hydrogens (tertiary/aromatic N) is 1. The highest BCUT2D eigenvalue weighted by atomic mass is 19.1. The van der Waals surface area contributed by atoms with E-state index in [0.717, 1.165) is 32.2 Å². The van der Waals surface area contributed by atoms with E-state index in [9.17, 15) is 18.4 Å². The van der Waals surface area contributed by atoms with Gasteiger partial charge in [-0.2, -0.15) is 0 Å². The van der Waals surface area contributed by atoms with Crippen LogP contribution in [0, 0.1) is 17.6 Å². The van der Waals surface area contributed by atoms with Crippen LogP contribution in [0.2, 0.25) is 0 Å². The van der Waals surface area contributed by atoms with E-state index in [1.165, 1.54) is 31.0 Å². The summed E-state index contributed by atoms with van der Waals surface area (Å²) in [5.41, 5.74) is -0.0126. The third-order valence-electron chi connectivity index (χ3n) is 5.33. The number of hydrogen-bond donors (Lipinski definition) is 2. The number of piperidine rings is 1. The Morgan fingerprint density at radius 2 is 1.86 bits per heavy atom. The van der Waals surface area contributed by atoms with Crippen molar-refractivity contribution >= 4 is 11.8 Å². The van der Waals surface area contributed by atoms with E-state index in [-0.39, 0.29) is 42.8 Å². The molecule has 1 saturated heterocycles. The van der Waals surface area contributed by atoms with Crippen LogP contribution in [0.3, 0.4) is 0 Å². The Bertz CT molecular complexity index is 649. The molecule has 2 amide bonds. The Labute approximate surface area is 172 Å². The maximum Gasteiger partial charge on any atom is 0.234 e. The lowest BCUT2D eigenvalue weighted by molar-refractivity contribution is -0.128. The molecule has 0 aromatic heterocycles. The maximum absolute atomic E-state index is 13.6. The summed E-state index contributed by atoms with van der Waals surface area (Å²) in [6.07, 6.45) is 6.31. The summed E-state index contributed by atoms with van der Waals surface area (Å²) < 4.78 is 27.2. The van der Waals surface area contributed by atoms with Crippen LogP contribution in [-0.2, 0) is 16.0 Å². The van der Waals surface area contributed by atoms with Crippen LogP contribution in [0.15, 0.2) is 18.2 Å². The monoisotopic (exact) mass is 409 g/mol. The molecule has 2 rings (SSSR count). The summed E-state index contributed by atoms with van der Waals surface area (Å²) in [6, 6.07) is 3.74. The molecule has 162 valence electrons. The van der Waals surface area contributed by atoms with Crippen LogP contribution in [-0.4, -0.2) is 49.4 Å². The quantitative estimate of drug-likeness (QED) is 0.553. The summed E-state index contributed by atoms with van der Waals surface area (Å²) in [7, 11) is 0. The molecule has 0 radical (unpaired) electrons. The second-order valence-electron chi connectivity index (χ2n) is 7.73. The molecule has 0 bridgehead atoms. The fraction of sp³-hybridized carbons (Fsp3) is 0.636. The van der Waals surface area contributed by atoms with E-state index in [4.69, 9.17) is 0 Å². The molecule has 0 spiro atoms. The molecule has 1 heterocycles. The fourth-order valence-electron chi connectivity index (χ4n) is 3.68. The zero-order valence-electron chi connectivity index (χ0n) is 17.3. The van der Waals surface area contributed by atoms with Gasteiger partial charge in [-0.15, -0.1) is 0 Å². The first-order valence-electron chi connectivity index (χ1n) is 10.7. The number of carbonyl (C=O) groups excluding carboxylic acids is 2. The number of carbonyl (C=O) groups is 2. The molecule has 1 aromatic rings. The van der Waals surface area contributed by atoms with Gasteiger partial charge in [0.1, 0.15) is 11.6 Å². The van der Waals surface area contributed by atoms with Crippen LogP contribution in [0.5, 0.6) is 0 Å². The summed E-state index contributed by atoms with van der Waals surface area (Å²) in [5, 5.41) is 5.73. The molecule has 1 aliphatic rings. The van der Waals surface area contributed by atoms with Crippen molar-refractivity contribution in [1.82, 2.24) is 15.5 Å². The van der Waals surface area contributed by atoms with Gasteiger partial charge in [-0.25, -0.2) is 8.78 Å². The zero-order chi connectivity index (χ0) is 21.1. The highest BCUT2D eigenvalue weighted by molar-refractivity contribution is 5.80. The summed E-state index contributed by atoms with van der Waals surface area (Å²) >= 11 is 0. The SMILES string of the molecule is CCCCCCNC(=O)C1CCCN(CC(=O)NCCc2c(F)cccc2F)C1. The number of hydrogen-bond acceptors (Lipinski definition) is 3. The van der Waals surface area contributed by atoms with E-state index < -0.39 is 11.6 Å². The molecule has 1 aromatic carbocycles. The molecule has 1 atom stereocenters. The highest BCUT2D eigenvalue weighted by Crippen LogP contribution is 2.16. The molecule has 7 heteroatoms. The minimum absolute atomic E-state index is 0.0126. The lowest BCUT2D eigenvalue weighted by Gasteiger charge is -2.31. The van der Waals surface area contributed by atoms with Crippen LogP contribution in [0.1, 0.15) is 51.0 Å². The van der Waals surface area contributed by atoms with Gasteiger partial charge in [0.15, 0.2) is 0 Å². The van der Waals surface area contributed by atoms with Crippen molar-refractivity contribution < 1.29 is 18.4 Å². The van der Waals surface area contributed by atoms with Crippen LogP contribution in [0.25, 0.3) is 0 Å². The van der Waals surface area contributed by atoms with Crippen molar-refractivity contribution in [1.29, 1.82) is 0 Å². The van der Waals surface area contributed by atoms with Gasteiger partial charge in [-0.05, 0) is 44.4 Å². The van der Waals surface area contributed by atoms with Gasteiger partial charge in [-0.1, -0.05) is 32.3 Å². The van der Waals surface area contributed by atoms with Crippen molar-refractivity contribution in [2.45, 2.75) is 51.9 Å². The maximum atomic E-state index is 13.6. The molecule has 5 nitrogen and oxygen atoms in total. The number of halogens is 2. The smallest absolute Gasteiger partial charge is 0.234 e. The van der Waals surface area contributed by atoms with Crippen LogP contribution in [0.4, 0.5) is 8.78 Å². The van der Waals surface area contributed by atoms with Gasteiger partial charge >= 0.3 is 0 Å². The molecule has 0 saturated carbocycles. The first-order chi connectivity index (χ1) is 14.0. The van der Waals surface area contributed by atoms with Crippen molar-refractivity contribution in [2.75, 3.05) is 32.7 Å². The van der Waals surface area contributed by atoms with Gasteiger partial charge in [0, 0.05) is 25.2 Å². The molecule has 1 aliphatic heterocycles. The Balaban J connectivity index is 1.68. The normalized spacial score (nSPS) is 17.1. The van der Waals surface area contributed by atoms with Gasteiger partial charge in [0.25, 0.3) is 0 Å². The average molecular weight is 410 g/mol. The van der Waals surface area contributed by atoms with Crippen LogP contribution < -0.4 is 10.6 Å².